The minimum atomic E-state index is -0.294. The summed E-state index contributed by atoms with van der Waals surface area (Å²) in [5.41, 5.74) is 0.355. The molecule has 9 nitrogen and oxygen atoms in total. The van der Waals surface area contributed by atoms with Crippen molar-refractivity contribution in [2.75, 3.05) is 19.5 Å². The largest absolute Gasteiger partial charge is 0.479 e. The van der Waals surface area contributed by atoms with Gasteiger partial charge in [0.05, 0.1) is 20.4 Å². The van der Waals surface area contributed by atoms with Crippen LogP contribution in [0.3, 0.4) is 0 Å². The van der Waals surface area contributed by atoms with Crippen LogP contribution in [0.25, 0.3) is 0 Å². The molecule has 0 spiro atoms. The molecule has 9 heteroatoms. The van der Waals surface area contributed by atoms with E-state index >= 15 is 0 Å². The van der Waals surface area contributed by atoms with Crippen LogP contribution in [0.15, 0.2) is 18.9 Å². The number of nitrogens with one attached hydrogen (secondary N) is 1. The molecule has 1 amide bonds. The fourth-order valence-electron chi connectivity index (χ4n) is 1.34. The topological polar surface area (TPSA) is 104 Å². The zero-order valence-electron chi connectivity index (χ0n) is 10.4. The number of hydrogen-bond donors (Lipinski definition) is 1. The highest BCUT2D eigenvalue weighted by Crippen LogP contribution is 2.22. The molecule has 0 aliphatic carbocycles. The van der Waals surface area contributed by atoms with Gasteiger partial charge in [-0.3, -0.25) is 4.79 Å². The fraction of sp³-hybridized carbons (Fsp3) is 0.300. The summed E-state index contributed by atoms with van der Waals surface area (Å²) in [6.45, 7) is 0.0369. The second-order valence-corrected chi connectivity index (χ2v) is 3.42. The van der Waals surface area contributed by atoms with Crippen LogP contribution in [0.2, 0.25) is 0 Å². The van der Waals surface area contributed by atoms with E-state index in [1.165, 1.54) is 37.8 Å². The lowest BCUT2D eigenvalue weighted by atomic mass is 10.4. The first kappa shape index (κ1) is 12.7. The Hall–Kier alpha value is -2.71. The quantitative estimate of drug-likeness (QED) is 0.792. The minimum absolute atomic E-state index is 0.0369. The van der Waals surface area contributed by atoms with Crippen LogP contribution in [0, 0.1) is 0 Å². The van der Waals surface area contributed by atoms with Gasteiger partial charge in [0.15, 0.2) is 0 Å². The van der Waals surface area contributed by atoms with Gasteiger partial charge >= 0.3 is 6.01 Å². The first-order valence-electron chi connectivity index (χ1n) is 5.30. The maximum absolute atomic E-state index is 11.8. The molecule has 0 radical (unpaired) electrons. The van der Waals surface area contributed by atoms with Gasteiger partial charge in [-0.1, -0.05) is 0 Å². The monoisotopic (exact) mass is 264 g/mol. The Kier molecular flexibility index (Phi) is 3.86. The SMILES string of the molecule is COc1ncc(NC(=O)Cn2cncn2)c(OC)n1. The number of nitrogens with zero attached hydrogens (tertiary/aromatic N) is 5. The third-order valence-corrected chi connectivity index (χ3v) is 2.15. The zero-order valence-corrected chi connectivity index (χ0v) is 10.4. The molecule has 0 unspecified atom stereocenters. The summed E-state index contributed by atoms with van der Waals surface area (Å²) < 4.78 is 11.3. The second-order valence-electron chi connectivity index (χ2n) is 3.42. The molecular formula is C10H12N6O3. The van der Waals surface area contributed by atoms with Gasteiger partial charge in [0, 0.05) is 0 Å². The van der Waals surface area contributed by atoms with Gasteiger partial charge in [-0.15, -0.1) is 0 Å². The molecule has 2 rings (SSSR count). The van der Waals surface area contributed by atoms with Crippen LogP contribution in [0.5, 0.6) is 11.9 Å². The summed E-state index contributed by atoms with van der Waals surface area (Å²) in [6, 6.07) is 0.158. The molecule has 1 N–H and O–H groups in total. The van der Waals surface area contributed by atoms with Crippen molar-refractivity contribution in [1.29, 1.82) is 0 Å². The second kappa shape index (κ2) is 5.76. The highest BCUT2D eigenvalue weighted by molar-refractivity contribution is 5.91. The maximum Gasteiger partial charge on any atom is 0.319 e. The predicted octanol–water partition coefficient (Wildman–Crippen LogP) is -0.276. The van der Waals surface area contributed by atoms with E-state index < -0.39 is 0 Å². The van der Waals surface area contributed by atoms with E-state index in [1.807, 2.05) is 0 Å². The molecule has 0 saturated carbocycles. The van der Waals surface area contributed by atoms with E-state index in [9.17, 15) is 4.79 Å². The van der Waals surface area contributed by atoms with Crippen molar-refractivity contribution in [1.82, 2.24) is 24.7 Å². The van der Waals surface area contributed by atoms with E-state index in [1.54, 1.807) is 0 Å². The number of hydrogen-bond acceptors (Lipinski definition) is 7. The van der Waals surface area contributed by atoms with E-state index in [0.29, 0.717) is 5.69 Å². The van der Waals surface area contributed by atoms with E-state index in [0.717, 1.165) is 0 Å². The molecule has 0 fully saturated rings. The van der Waals surface area contributed by atoms with Gasteiger partial charge in [-0.25, -0.2) is 14.6 Å². The maximum atomic E-state index is 11.8. The number of aromatic nitrogens is 5. The molecule has 19 heavy (non-hydrogen) atoms. The highest BCUT2D eigenvalue weighted by atomic mass is 16.5. The minimum Gasteiger partial charge on any atom is -0.479 e. The molecule has 0 saturated heterocycles. The van der Waals surface area contributed by atoms with Gasteiger partial charge in [-0.05, 0) is 0 Å². The number of anilines is 1. The first-order valence-corrected chi connectivity index (χ1v) is 5.30. The molecule has 2 aromatic heterocycles. The van der Waals surface area contributed by atoms with Crippen LogP contribution < -0.4 is 14.8 Å². The average Bonchev–Trinajstić information content (AvgIpc) is 2.91. The smallest absolute Gasteiger partial charge is 0.319 e. The molecular weight excluding hydrogens is 252 g/mol. The molecule has 2 heterocycles. The molecule has 0 aliphatic heterocycles. The van der Waals surface area contributed by atoms with E-state index in [-0.39, 0.29) is 24.3 Å². The summed E-state index contributed by atoms with van der Waals surface area (Å²) in [7, 11) is 2.88. The Labute approximate surface area is 108 Å². The Balaban J connectivity index is 2.07. The molecule has 0 aromatic carbocycles. The third-order valence-electron chi connectivity index (χ3n) is 2.15. The van der Waals surface area contributed by atoms with E-state index in [4.69, 9.17) is 9.47 Å². The van der Waals surface area contributed by atoms with Gasteiger partial charge in [0.2, 0.25) is 11.8 Å². The summed E-state index contributed by atoms with van der Waals surface area (Å²) in [5, 5.41) is 6.45. The molecule has 0 atom stereocenters. The summed E-state index contributed by atoms with van der Waals surface area (Å²) in [4.78, 5) is 23.4. The predicted molar refractivity (Wildman–Crippen MR) is 63.8 cm³/mol. The number of ether oxygens (including phenoxy) is 2. The number of rotatable bonds is 5. The Morgan fingerprint density at radius 3 is 2.89 bits per heavy atom. The van der Waals surface area contributed by atoms with Crippen LogP contribution >= 0.6 is 0 Å². The normalized spacial score (nSPS) is 10.0. The molecule has 100 valence electrons. The first-order chi connectivity index (χ1) is 9.22. The Bertz CT molecular complexity index is 556. The van der Waals surface area contributed by atoms with Gasteiger partial charge in [0.1, 0.15) is 24.9 Å². The van der Waals surface area contributed by atoms with Crippen molar-refractivity contribution in [3.63, 3.8) is 0 Å². The van der Waals surface area contributed by atoms with Crippen molar-refractivity contribution >= 4 is 11.6 Å². The number of carbonyl (C=O) groups excluding carboxylic acids is 1. The summed E-state index contributed by atoms with van der Waals surface area (Å²) in [6.07, 6.45) is 4.20. The van der Waals surface area contributed by atoms with Crippen LogP contribution in [-0.4, -0.2) is 44.9 Å². The lowest BCUT2D eigenvalue weighted by Crippen LogP contribution is -2.19. The van der Waals surface area contributed by atoms with Crippen molar-refractivity contribution in [2.24, 2.45) is 0 Å². The summed E-state index contributed by atoms with van der Waals surface area (Å²) in [5.74, 6) is -0.0728. The lowest BCUT2D eigenvalue weighted by molar-refractivity contribution is -0.116. The van der Waals surface area contributed by atoms with E-state index in [2.05, 4.69) is 25.4 Å². The zero-order chi connectivity index (χ0) is 13.7. The van der Waals surface area contributed by atoms with Gasteiger partial charge < -0.3 is 14.8 Å². The number of carbonyl (C=O) groups is 1. The van der Waals surface area contributed by atoms with Crippen LogP contribution in [-0.2, 0) is 11.3 Å². The third kappa shape index (κ3) is 3.15. The standard InChI is InChI=1S/C10H12N6O3/c1-18-9-7(3-12-10(15-9)19-2)14-8(17)4-16-6-11-5-13-16/h3,5-6H,4H2,1-2H3,(H,14,17). The number of methoxy groups -OCH3 is 2. The molecule has 0 bridgehead atoms. The average molecular weight is 264 g/mol. The van der Waals surface area contributed by atoms with Crippen molar-refractivity contribution in [2.45, 2.75) is 6.54 Å². The van der Waals surface area contributed by atoms with Crippen LogP contribution in [0.1, 0.15) is 0 Å². The molecule has 0 aliphatic rings. The fourth-order valence-corrected chi connectivity index (χ4v) is 1.34. The molecule has 2 aromatic rings. The number of amides is 1. The van der Waals surface area contributed by atoms with Crippen molar-refractivity contribution in [3.05, 3.63) is 18.9 Å². The summed E-state index contributed by atoms with van der Waals surface area (Å²) >= 11 is 0. The highest BCUT2D eigenvalue weighted by Gasteiger charge is 2.11. The lowest BCUT2D eigenvalue weighted by Gasteiger charge is -2.09. The van der Waals surface area contributed by atoms with Crippen molar-refractivity contribution in [3.8, 4) is 11.9 Å². The van der Waals surface area contributed by atoms with Crippen molar-refractivity contribution < 1.29 is 14.3 Å². The van der Waals surface area contributed by atoms with Gasteiger partial charge in [-0.2, -0.15) is 10.1 Å². The Morgan fingerprint density at radius 2 is 2.26 bits per heavy atom. The van der Waals surface area contributed by atoms with Gasteiger partial charge in [0.25, 0.3) is 0 Å². The Morgan fingerprint density at radius 1 is 1.42 bits per heavy atom. The van der Waals surface area contributed by atoms with Crippen LogP contribution in [0.4, 0.5) is 5.69 Å².